The fraction of sp³-hybridized carbons (Fsp3) is 0.357. The topological polar surface area (TPSA) is 24.9 Å². The van der Waals surface area contributed by atoms with Crippen LogP contribution in [0.15, 0.2) is 22.7 Å². The van der Waals surface area contributed by atoms with E-state index in [-0.39, 0.29) is 5.82 Å². The number of hydrogen-bond donors (Lipinski definition) is 1. The van der Waals surface area contributed by atoms with Gasteiger partial charge in [0.1, 0.15) is 10.8 Å². The van der Waals surface area contributed by atoms with Gasteiger partial charge >= 0.3 is 0 Å². The Kier molecular flexibility index (Phi) is 5.07. The van der Waals surface area contributed by atoms with Crippen molar-refractivity contribution in [1.82, 2.24) is 10.3 Å². The zero-order valence-corrected chi connectivity index (χ0v) is 13.4. The molecule has 0 aliphatic heterocycles. The second-order valence-corrected chi connectivity index (χ2v) is 6.36. The van der Waals surface area contributed by atoms with E-state index in [4.69, 9.17) is 0 Å². The summed E-state index contributed by atoms with van der Waals surface area (Å²) in [7, 11) is 0. The molecule has 0 radical (unpaired) electrons. The quantitative estimate of drug-likeness (QED) is 0.808. The number of thiazole rings is 1. The van der Waals surface area contributed by atoms with Crippen molar-refractivity contribution in [3.8, 4) is 10.6 Å². The van der Waals surface area contributed by atoms with Gasteiger partial charge in [-0.3, -0.25) is 0 Å². The van der Waals surface area contributed by atoms with Crippen molar-refractivity contribution in [1.29, 1.82) is 0 Å². The second kappa shape index (κ2) is 6.59. The fourth-order valence-electron chi connectivity index (χ4n) is 1.77. The highest BCUT2D eigenvalue weighted by molar-refractivity contribution is 9.10. The summed E-state index contributed by atoms with van der Waals surface area (Å²) >= 11 is 4.93. The Morgan fingerprint density at radius 2 is 2.16 bits per heavy atom. The minimum absolute atomic E-state index is 0.247. The smallest absolute Gasteiger partial charge is 0.125 e. The van der Waals surface area contributed by atoms with E-state index in [2.05, 4.69) is 33.2 Å². The molecule has 1 aromatic carbocycles. The average molecular weight is 343 g/mol. The summed E-state index contributed by atoms with van der Waals surface area (Å²) in [5, 5.41) is 4.23. The highest BCUT2D eigenvalue weighted by Gasteiger charge is 2.10. The zero-order chi connectivity index (χ0) is 13.8. The molecular weight excluding hydrogens is 327 g/mol. The second-order valence-electron chi connectivity index (χ2n) is 4.36. The van der Waals surface area contributed by atoms with Gasteiger partial charge in [-0.15, -0.1) is 11.3 Å². The van der Waals surface area contributed by atoms with Crippen molar-refractivity contribution in [2.75, 3.05) is 6.54 Å². The SMILES string of the molecule is CCCNCc1sc(-c2cc(F)cc(Br)c2)nc1C. The van der Waals surface area contributed by atoms with E-state index in [0.717, 1.165) is 40.2 Å². The number of rotatable bonds is 5. The summed E-state index contributed by atoms with van der Waals surface area (Å²) in [6, 6.07) is 4.87. The molecule has 2 rings (SSSR count). The van der Waals surface area contributed by atoms with Gasteiger partial charge in [0.2, 0.25) is 0 Å². The standard InChI is InChI=1S/C14H16BrFN2S/c1-3-4-17-8-13-9(2)18-14(19-13)10-5-11(15)7-12(16)6-10/h5-7,17H,3-4,8H2,1-2H3. The van der Waals surface area contributed by atoms with Crippen LogP contribution in [-0.2, 0) is 6.54 Å². The lowest BCUT2D eigenvalue weighted by Crippen LogP contribution is -2.13. The van der Waals surface area contributed by atoms with Crippen LogP contribution in [0.3, 0.4) is 0 Å². The van der Waals surface area contributed by atoms with E-state index in [1.54, 1.807) is 11.3 Å². The molecule has 5 heteroatoms. The number of nitrogens with zero attached hydrogens (tertiary/aromatic N) is 1. The Hall–Kier alpha value is -0.780. The van der Waals surface area contributed by atoms with Crippen molar-refractivity contribution >= 4 is 27.3 Å². The molecule has 0 amide bonds. The number of aryl methyl sites for hydroxylation is 1. The van der Waals surface area contributed by atoms with Crippen molar-refractivity contribution in [2.45, 2.75) is 26.8 Å². The summed E-state index contributed by atoms with van der Waals surface area (Å²) in [4.78, 5) is 5.74. The van der Waals surface area contributed by atoms with Gasteiger partial charge in [-0.25, -0.2) is 9.37 Å². The van der Waals surface area contributed by atoms with Crippen LogP contribution in [0.1, 0.15) is 23.9 Å². The van der Waals surface area contributed by atoms with E-state index in [1.807, 2.05) is 13.0 Å². The highest BCUT2D eigenvalue weighted by Crippen LogP contribution is 2.30. The van der Waals surface area contributed by atoms with Gasteiger partial charge in [0.15, 0.2) is 0 Å². The summed E-state index contributed by atoms with van der Waals surface area (Å²) < 4.78 is 14.1. The van der Waals surface area contributed by atoms with Crippen LogP contribution in [0, 0.1) is 12.7 Å². The van der Waals surface area contributed by atoms with E-state index < -0.39 is 0 Å². The minimum Gasteiger partial charge on any atom is -0.312 e. The summed E-state index contributed by atoms with van der Waals surface area (Å²) in [5.74, 6) is -0.247. The third kappa shape index (κ3) is 3.84. The Bertz CT molecular complexity index is 548. The third-order valence-corrected chi connectivity index (χ3v) is 4.38. The first-order chi connectivity index (χ1) is 9.10. The fourth-order valence-corrected chi connectivity index (χ4v) is 3.26. The number of aromatic nitrogens is 1. The van der Waals surface area contributed by atoms with Gasteiger partial charge in [0.05, 0.1) is 5.69 Å². The number of benzene rings is 1. The van der Waals surface area contributed by atoms with E-state index >= 15 is 0 Å². The number of halogens is 2. The average Bonchev–Trinajstić information content (AvgIpc) is 2.70. The summed E-state index contributed by atoms with van der Waals surface area (Å²) in [5.41, 5.74) is 1.84. The lowest BCUT2D eigenvalue weighted by Gasteiger charge is -2.00. The third-order valence-electron chi connectivity index (χ3n) is 2.71. The molecule has 0 aliphatic carbocycles. The van der Waals surface area contributed by atoms with E-state index in [0.29, 0.717) is 0 Å². The van der Waals surface area contributed by atoms with Crippen LogP contribution in [0.2, 0.25) is 0 Å². The first-order valence-electron chi connectivity index (χ1n) is 6.23. The largest absolute Gasteiger partial charge is 0.312 e. The number of nitrogens with one attached hydrogen (secondary N) is 1. The van der Waals surface area contributed by atoms with Gasteiger partial charge in [-0.2, -0.15) is 0 Å². The summed E-state index contributed by atoms with van der Waals surface area (Å²) in [6.45, 7) is 5.96. The molecule has 0 saturated heterocycles. The van der Waals surface area contributed by atoms with Gasteiger partial charge in [0, 0.05) is 21.5 Å². The lowest BCUT2D eigenvalue weighted by molar-refractivity contribution is 0.627. The van der Waals surface area contributed by atoms with Crippen LogP contribution in [0.5, 0.6) is 0 Å². The van der Waals surface area contributed by atoms with Crippen molar-refractivity contribution in [3.63, 3.8) is 0 Å². The van der Waals surface area contributed by atoms with Crippen LogP contribution < -0.4 is 5.32 Å². The monoisotopic (exact) mass is 342 g/mol. The maximum atomic E-state index is 13.4. The zero-order valence-electron chi connectivity index (χ0n) is 11.0. The molecule has 1 aromatic heterocycles. The van der Waals surface area contributed by atoms with Crippen molar-refractivity contribution in [3.05, 3.63) is 39.1 Å². The maximum absolute atomic E-state index is 13.4. The van der Waals surface area contributed by atoms with E-state index in [1.165, 1.54) is 17.0 Å². The minimum atomic E-state index is -0.247. The molecule has 1 heterocycles. The Morgan fingerprint density at radius 3 is 2.84 bits per heavy atom. The molecule has 1 N–H and O–H groups in total. The van der Waals surface area contributed by atoms with Gasteiger partial charge < -0.3 is 5.32 Å². The first kappa shape index (κ1) is 14.6. The lowest BCUT2D eigenvalue weighted by atomic mass is 10.2. The Labute approximate surface area is 125 Å². The van der Waals surface area contributed by atoms with Crippen LogP contribution in [0.25, 0.3) is 10.6 Å². The molecule has 0 spiro atoms. The molecule has 0 atom stereocenters. The molecule has 0 saturated carbocycles. The Balaban J connectivity index is 2.23. The van der Waals surface area contributed by atoms with Crippen LogP contribution in [-0.4, -0.2) is 11.5 Å². The normalized spacial score (nSPS) is 10.9. The number of hydrogen-bond acceptors (Lipinski definition) is 3. The van der Waals surface area contributed by atoms with Gasteiger partial charge in [-0.05, 0) is 38.1 Å². The van der Waals surface area contributed by atoms with Crippen molar-refractivity contribution < 1.29 is 4.39 Å². The first-order valence-corrected chi connectivity index (χ1v) is 7.84. The molecular formula is C14H16BrFN2S. The van der Waals surface area contributed by atoms with Crippen LogP contribution in [0.4, 0.5) is 4.39 Å². The van der Waals surface area contributed by atoms with Crippen molar-refractivity contribution in [2.24, 2.45) is 0 Å². The predicted octanol–water partition coefficient (Wildman–Crippen LogP) is 4.52. The van der Waals surface area contributed by atoms with Crippen LogP contribution >= 0.6 is 27.3 Å². The molecule has 0 aliphatic rings. The molecule has 0 unspecified atom stereocenters. The molecule has 19 heavy (non-hydrogen) atoms. The van der Waals surface area contributed by atoms with E-state index in [9.17, 15) is 4.39 Å². The molecule has 2 aromatic rings. The Morgan fingerprint density at radius 1 is 1.37 bits per heavy atom. The highest BCUT2D eigenvalue weighted by atomic mass is 79.9. The van der Waals surface area contributed by atoms with Gasteiger partial charge in [-0.1, -0.05) is 22.9 Å². The molecule has 2 nitrogen and oxygen atoms in total. The van der Waals surface area contributed by atoms with Gasteiger partial charge in [0.25, 0.3) is 0 Å². The maximum Gasteiger partial charge on any atom is 0.125 e. The molecule has 102 valence electrons. The molecule has 0 bridgehead atoms. The predicted molar refractivity (Wildman–Crippen MR) is 81.9 cm³/mol. The summed E-state index contributed by atoms with van der Waals surface area (Å²) in [6.07, 6.45) is 1.11. The molecule has 0 fully saturated rings.